The van der Waals surface area contributed by atoms with Crippen LogP contribution in [-0.4, -0.2) is 12.1 Å². The summed E-state index contributed by atoms with van der Waals surface area (Å²) in [6.07, 6.45) is 5.81. The summed E-state index contributed by atoms with van der Waals surface area (Å²) in [5.74, 6) is 1.86. The smallest absolute Gasteiger partial charge is 0.00925 e. The van der Waals surface area contributed by atoms with Gasteiger partial charge in [-0.15, -0.1) is 0 Å². The molecule has 13 heavy (non-hydrogen) atoms. The van der Waals surface area contributed by atoms with E-state index < -0.39 is 0 Å². The Bertz CT molecular complexity index is 136. The summed E-state index contributed by atoms with van der Waals surface area (Å²) in [4.78, 5) is 0. The highest BCUT2D eigenvalue weighted by Crippen LogP contribution is 2.34. The zero-order valence-corrected chi connectivity index (χ0v) is 9.64. The van der Waals surface area contributed by atoms with E-state index in [1.165, 1.54) is 25.7 Å². The molecule has 1 saturated carbocycles. The topological polar surface area (TPSA) is 12.0 Å². The van der Waals surface area contributed by atoms with Gasteiger partial charge in [0.2, 0.25) is 0 Å². The van der Waals surface area contributed by atoms with Crippen LogP contribution in [-0.2, 0) is 0 Å². The third-order valence-electron chi connectivity index (χ3n) is 2.93. The van der Waals surface area contributed by atoms with Crippen molar-refractivity contribution in [2.45, 2.75) is 65.5 Å². The van der Waals surface area contributed by atoms with E-state index in [9.17, 15) is 0 Å². The maximum atomic E-state index is 3.66. The average molecular weight is 183 g/mol. The van der Waals surface area contributed by atoms with Crippen LogP contribution in [0.15, 0.2) is 0 Å². The highest BCUT2D eigenvalue weighted by Gasteiger charge is 2.23. The first kappa shape index (κ1) is 11.0. The molecule has 1 unspecified atom stereocenters. The molecule has 0 radical (unpaired) electrons. The van der Waals surface area contributed by atoms with Crippen molar-refractivity contribution in [1.29, 1.82) is 0 Å². The molecule has 0 aromatic rings. The third-order valence-corrected chi connectivity index (χ3v) is 2.93. The first-order valence-electron chi connectivity index (χ1n) is 5.85. The van der Waals surface area contributed by atoms with E-state index in [1.54, 1.807) is 0 Å². The van der Waals surface area contributed by atoms with Crippen LogP contribution in [0.2, 0.25) is 0 Å². The molecular formula is C12H25N. The van der Waals surface area contributed by atoms with Crippen molar-refractivity contribution in [1.82, 2.24) is 5.32 Å². The van der Waals surface area contributed by atoms with Gasteiger partial charge in [0, 0.05) is 12.1 Å². The zero-order chi connectivity index (χ0) is 9.84. The number of hydrogen-bond acceptors (Lipinski definition) is 1. The Hall–Kier alpha value is -0.0400. The minimum absolute atomic E-state index is 0.631. The van der Waals surface area contributed by atoms with E-state index >= 15 is 0 Å². The van der Waals surface area contributed by atoms with Crippen LogP contribution in [0.4, 0.5) is 0 Å². The van der Waals surface area contributed by atoms with Gasteiger partial charge in [-0.3, -0.25) is 0 Å². The molecule has 0 heterocycles. The Morgan fingerprint density at radius 3 is 2.15 bits per heavy atom. The van der Waals surface area contributed by atoms with Gasteiger partial charge in [-0.25, -0.2) is 0 Å². The van der Waals surface area contributed by atoms with Crippen LogP contribution in [0.5, 0.6) is 0 Å². The molecule has 1 N–H and O–H groups in total. The van der Waals surface area contributed by atoms with E-state index in [-0.39, 0.29) is 0 Å². The monoisotopic (exact) mass is 183 g/mol. The zero-order valence-electron chi connectivity index (χ0n) is 9.64. The lowest BCUT2D eigenvalue weighted by molar-refractivity contribution is 0.340. The highest BCUT2D eigenvalue weighted by molar-refractivity contribution is 4.79. The molecule has 0 spiro atoms. The Balaban J connectivity index is 2.19. The van der Waals surface area contributed by atoms with Crippen LogP contribution in [0.1, 0.15) is 53.4 Å². The summed E-state index contributed by atoms with van der Waals surface area (Å²) in [5, 5.41) is 3.66. The molecule has 0 saturated heterocycles. The predicted molar refractivity (Wildman–Crippen MR) is 58.9 cm³/mol. The fraction of sp³-hybridized carbons (Fsp3) is 1.00. The first-order valence-corrected chi connectivity index (χ1v) is 5.85. The van der Waals surface area contributed by atoms with Crippen LogP contribution >= 0.6 is 0 Å². The fourth-order valence-electron chi connectivity index (χ4n) is 1.86. The van der Waals surface area contributed by atoms with Crippen molar-refractivity contribution < 1.29 is 0 Å². The van der Waals surface area contributed by atoms with Gasteiger partial charge in [0.1, 0.15) is 0 Å². The van der Waals surface area contributed by atoms with E-state index in [2.05, 4.69) is 33.0 Å². The summed E-state index contributed by atoms with van der Waals surface area (Å²) in [5.41, 5.74) is 0. The number of nitrogens with one attached hydrogen (secondary N) is 1. The lowest BCUT2D eigenvalue weighted by Crippen LogP contribution is -2.38. The number of hydrogen-bond donors (Lipinski definition) is 1. The minimum Gasteiger partial charge on any atom is -0.312 e. The van der Waals surface area contributed by atoms with Gasteiger partial charge in [0.05, 0.1) is 0 Å². The summed E-state index contributed by atoms with van der Waals surface area (Å²) < 4.78 is 0. The first-order chi connectivity index (χ1) is 6.09. The molecule has 0 aromatic heterocycles. The van der Waals surface area contributed by atoms with Gasteiger partial charge in [0.15, 0.2) is 0 Å². The highest BCUT2D eigenvalue weighted by atomic mass is 14.9. The molecule has 1 rings (SSSR count). The SMILES string of the molecule is CC(C)NC(CCC1CC1)C(C)C. The lowest BCUT2D eigenvalue weighted by Gasteiger charge is -2.24. The standard InChI is InChI=1S/C12H25N/c1-9(2)12(13-10(3)4)8-7-11-5-6-11/h9-13H,5-8H2,1-4H3. The van der Waals surface area contributed by atoms with Crippen molar-refractivity contribution >= 4 is 0 Å². The second kappa shape index (κ2) is 4.99. The van der Waals surface area contributed by atoms with E-state index in [1.807, 2.05) is 0 Å². The molecule has 0 aromatic carbocycles. The molecule has 1 heteroatoms. The second-order valence-corrected chi connectivity index (χ2v) is 5.19. The van der Waals surface area contributed by atoms with Gasteiger partial charge < -0.3 is 5.32 Å². The van der Waals surface area contributed by atoms with E-state index in [0.29, 0.717) is 6.04 Å². The summed E-state index contributed by atoms with van der Waals surface area (Å²) in [6, 6.07) is 1.37. The van der Waals surface area contributed by atoms with Gasteiger partial charge in [-0.1, -0.05) is 40.5 Å². The van der Waals surface area contributed by atoms with Gasteiger partial charge in [0.25, 0.3) is 0 Å². The lowest BCUT2D eigenvalue weighted by atomic mass is 9.97. The molecular weight excluding hydrogens is 158 g/mol. The maximum absolute atomic E-state index is 3.66. The average Bonchev–Trinajstić information content (AvgIpc) is 2.79. The Kier molecular flexibility index (Phi) is 4.24. The van der Waals surface area contributed by atoms with Crippen molar-refractivity contribution in [2.75, 3.05) is 0 Å². The Labute approximate surface area is 83.3 Å². The van der Waals surface area contributed by atoms with Crippen molar-refractivity contribution in [2.24, 2.45) is 11.8 Å². The second-order valence-electron chi connectivity index (χ2n) is 5.19. The van der Waals surface area contributed by atoms with Gasteiger partial charge >= 0.3 is 0 Å². The molecule has 1 aliphatic rings. The van der Waals surface area contributed by atoms with E-state index in [0.717, 1.165) is 17.9 Å². The molecule has 0 aliphatic heterocycles. The fourth-order valence-corrected chi connectivity index (χ4v) is 1.86. The molecule has 1 fully saturated rings. The molecule has 1 atom stereocenters. The largest absolute Gasteiger partial charge is 0.312 e. The summed E-state index contributed by atoms with van der Waals surface area (Å²) >= 11 is 0. The van der Waals surface area contributed by atoms with Gasteiger partial charge in [-0.05, 0) is 24.7 Å². The molecule has 78 valence electrons. The predicted octanol–water partition coefficient (Wildman–Crippen LogP) is 3.20. The van der Waals surface area contributed by atoms with Crippen LogP contribution in [0.3, 0.4) is 0 Å². The van der Waals surface area contributed by atoms with Crippen molar-refractivity contribution in [3.63, 3.8) is 0 Å². The quantitative estimate of drug-likeness (QED) is 0.667. The molecule has 1 nitrogen and oxygen atoms in total. The van der Waals surface area contributed by atoms with Crippen molar-refractivity contribution in [3.05, 3.63) is 0 Å². The van der Waals surface area contributed by atoms with Crippen LogP contribution in [0, 0.1) is 11.8 Å². The molecule has 1 aliphatic carbocycles. The van der Waals surface area contributed by atoms with Gasteiger partial charge in [-0.2, -0.15) is 0 Å². The third kappa shape index (κ3) is 4.66. The maximum Gasteiger partial charge on any atom is 0.00925 e. The summed E-state index contributed by atoms with van der Waals surface area (Å²) in [6.45, 7) is 9.14. The Morgan fingerprint density at radius 2 is 1.77 bits per heavy atom. The molecule has 0 amide bonds. The minimum atomic E-state index is 0.631. The van der Waals surface area contributed by atoms with Crippen LogP contribution < -0.4 is 5.32 Å². The normalized spacial score (nSPS) is 19.8. The summed E-state index contributed by atoms with van der Waals surface area (Å²) in [7, 11) is 0. The Morgan fingerprint density at radius 1 is 1.15 bits per heavy atom. The number of rotatable bonds is 6. The molecule has 0 bridgehead atoms. The van der Waals surface area contributed by atoms with E-state index in [4.69, 9.17) is 0 Å². The van der Waals surface area contributed by atoms with Crippen molar-refractivity contribution in [3.8, 4) is 0 Å². The van der Waals surface area contributed by atoms with Crippen LogP contribution in [0.25, 0.3) is 0 Å².